The van der Waals surface area contributed by atoms with Crippen molar-refractivity contribution in [3.8, 4) is 0 Å². The molecular weight excluding hydrogens is 353 g/mol. The highest BCUT2D eigenvalue weighted by molar-refractivity contribution is 5.49. The van der Waals surface area contributed by atoms with Gasteiger partial charge in [0.1, 0.15) is 6.67 Å². The first kappa shape index (κ1) is 20.8. The van der Waals surface area contributed by atoms with Crippen molar-refractivity contribution in [3.63, 3.8) is 0 Å². The van der Waals surface area contributed by atoms with Crippen LogP contribution in [0.25, 0.3) is 0 Å². The van der Waals surface area contributed by atoms with Gasteiger partial charge in [-0.2, -0.15) is 0 Å². The van der Waals surface area contributed by atoms with E-state index in [1.165, 1.54) is 11.3 Å². The first-order valence-electron chi connectivity index (χ1n) is 10.1. The van der Waals surface area contributed by atoms with Gasteiger partial charge in [0.05, 0.1) is 12.1 Å². The Morgan fingerprint density at radius 1 is 1.14 bits per heavy atom. The quantitative estimate of drug-likeness (QED) is 0.693. The summed E-state index contributed by atoms with van der Waals surface area (Å²) in [6.07, 6.45) is -0.411. The molecule has 4 atom stereocenters. The number of anilines is 1. The summed E-state index contributed by atoms with van der Waals surface area (Å²) in [6, 6.07) is 18.1. The molecule has 5 heteroatoms. The molecular formula is C23H32FN3O. The Morgan fingerprint density at radius 3 is 2.50 bits per heavy atom. The molecule has 1 heterocycles. The molecule has 1 aliphatic heterocycles. The highest BCUT2D eigenvalue weighted by Gasteiger charge is 2.29. The Hall–Kier alpha value is -1.95. The van der Waals surface area contributed by atoms with Crippen molar-refractivity contribution in [1.29, 1.82) is 0 Å². The molecule has 0 aliphatic carbocycles. The molecule has 0 aromatic heterocycles. The standard InChI is InChI=1S/C23H32FN3O/c1-17-15-27(16-20(17)14-26-13-18-6-4-3-5-7-18)21-10-8-19(9-11-21)23(28-2)22(25)12-24/h3-11,17,20,22-23,26H,12-16,25H2,1-2H3. The fourth-order valence-corrected chi connectivity index (χ4v) is 4.02. The lowest BCUT2D eigenvalue weighted by Gasteiger charge is -2.23. The SMILES string of the molecule is COC(c1ccc(N2CC(C)C(CNCc3ccccc3)C2)cc1)C(N)CF. The Morgan fingerprint density at radius 2 is 1.86 bits per heavy atom. The fraction of sp³-hybridized carbons (Fsp3) is 0.478. The summed E-state index contributed by atoms with van der Waals surface area (Å²) in [6.45, 7) is 5.74. The van der Waals surface area contributed by atoms with E-state index >= 15 is 0 Å². The van der Waals surface area contributed by atoms with Gasteiger partial charge in [0.2, 0.25) is 0 Å². The van der Waals surface area contributed by atoms with Gasteiger partial charge in [0.25, 0.3) is 0 Å². The number of halogens is 1. The zero-order valence-electron chi connectivity index (χ0n) is 16.9. The average Bonchev–Trinajstić information content (AvgIpc) is 3.10. The fourth-order valence-electron chi connectivity index (χ4n) is 4.02. The van der Waals surface area contributed by atoms with Crippen molar-refractivity contribution in [2.24, 2.45) is 17.6 Å². The van der Waals surface area contributed by atoms with Crippen LogP contribution < -0.4 is 16.0 Å². The molecule has 152 valence electrons. The molecule has 4 unspecified atom stereocenters. The largest absolute Gasteiger partial charge is 0.375 e. The Labute approximate surface area is 167 Å². The van der Waals surface area contributed by atoms with Crippen LogP contribution in [0.15, 0.2) is 54.6 Å². The summed E-state index contributed by atoms with van der Waals surface area (Å²) in [7, 11) is 1.57. The number of methoxy groups -OCH3 is 1. The van der Waals surface area contributed by atoms with Crippen molar-refractivity contribution >= 4 is 5.69 Å². The molecule has 4 nitrogen and oxygen atoms in total. The molecule has 1 saturated heterocycles. The summed E-state index contributed by atoms with van der Waals surface area (Å²) in [4.78, 5) is 2.43. The van der Waals surface area contributed by atoms with Crippen molar-refractivity contribution in [2.75, 3.05) is 38.3 Å². The number of alkyl halides is 1. The summed E-state index contributed by atoms with van der Waals surface area (Å²) >= 11 is 0. The smallest absolute Gasteiger partial charge is 0.107 e. The van der Waals surface area contributed by atoms with Crippen molar-refractivity contribution in [3.05, 3.63) is 65.7 Å². The maximum atomic E-state index is 12.9. The van der Waals surface area contributed by atoms with E-state index in [1.807, 2.05) is 18.2 Å². The van der Waals surface area contributed by atoms with Gasteiger partial charge in [-0.1, -0.05) is 49.4 Å². The van der Waals surface area contributed by atoms with E-state index in [-0.39, 0.29) is 0 Å². The second-order valence-corrected chi connectivity index (χ2v) is 7.82. The van der Waals surface area contributed by atoms with Gasteiger partial charge in [-0.05, 0) is 35.1 Å². The predicted molar refractivity (Wildman–Crippen MR) is 113 cm³/mol. The van der Waals surface area contributed by atoms with Crippen LogP contribution in [-0.4, -0.2) is 39.5 Å². The summed E-state index contributed by atoms with van der Waals surface area (Å²) in [5, 5.41) is 3.60. The number of hydrogen-bond donors (Lipinski definition) is 2. The third-order valence-corrected chi connectivity index (χ3v) is 5.75. The minimum Gasteiger partial charge on any atom is -0.375 e. The van der Waals surface area contributed by atoms with Gasteiger partial charge in [0.15, 0.2) is 0 Å². The first-order chi connectivity index (χ1) is 13.6. The summed E-state index contributed by atoms with van der Waals surface area (Å²) in [5.41, 5.74) is 9.27. The van der Waals surface area contributed by atoms with Crippen molar-refractivity contribution in [2.45, 2.75) is 25.6 Å². The number of nitrogens with one attached hydrogen (secondary N) is 1. The molecule has 1 fully saturated rings. The lowest BCUT2D eigenvalue weighted by molar-refractivity contribution is 0.0721. The lowest BCUT2D eigenvalue weighted by Crippen LogP contribution is -2.31. The van der Waals surface area contributed by atoms with Gasteiger partial charge in [-0.15, -0.1) is 0 Å². The lowest BCUT2D eigenvalue weighted by atomic mass is 9.98. The molecule has 2 aromatic carbocycles. The number of rotatable bonds is 9. The second kappa shape index (κ2) is 10.0. The minimum atomic E-state index is -0.636. The maximum Gasteiger partial charge on any atom is 0.107 e. The highest BCUT2D eigenvalue weighted by atomic mass is 19.1. The monoisotopic (exact) mass is 385 g/mol. The van der Waals surface area contributed by atoms with Crippen LogP contribution in [0.2, 0.25) is 0 Å². The Balaban J connectivity index is 1.54. The minimum absolute atomic E-state index is 0.411. The van der Waals surface area contributed by atoms with E-state index < -0.39 is 18.8 Å². The second-order valence-electron chi connectivity index (χ2n) is 7.82. The van der Waals surface area contributed by atoms with Crippen LogP contribution in [0.4, 0.5) is 10.1 Å². The zero-order chi connectivity index (χ0) is 19.9. The third kappa shape index (κ3) is 5.10. The topological polar surface area (TPSA) is 50.5 Å². The predicted octanol–water partition coefficient (Wildman–Crippen LogP) is 3.53. The summed E-state index contributed by atoms with van der Waals surface area (Å²) < 4.78 is 18.3. The van der Waals surface area contributed by atoms with Gasteiger partial charge in [-0.25, -0.2) is 4.39 Å². The van der Waals surface area contributed by atoms with E-state index in [0.717, 1.165) is 31.7 Å². The van der Waals surface area contributed by atoms with E-state index in [2.05, 4.69) is 53.5 Å². The summed E-state index contributed by atoms with van der Waals surface area (Å²) in [5.74, 6) is 1.25. The molecule has 0 amide bonds. The average molecular weight is 386 g/mol. The van der Waals surface area contributed by atoms with E-state index in [4.69, 9.17) is 10.5 Å². The number of nitrogens with zero attached hydrogens (tertiary/aromatic N) is 1. The number of ether oxygens (including phenoxy) is 1. The highest BCUT2D eigenvalue weighted by Crippen LogP contribution is 2.29. The number of benzene rings is 2. The molecule has 0 bridgehead atoms. The molecule has 1 aliphatic rings. The third-order valence-electron chi connectivity index (χ3n) is 5.75. The van der Waals surface area contributed by atoms with Crippen LogP contribution in [0.3, 0.4) is 0 Å². The van der Waals surface area contributed by atoms with Gasteiger partial charge in [0, 0.05) is 39.0 Å². The van der Waals surface area contributed by atoms with Crippen LogP contribution in [0.5, 0.6) is 0 Å². The molecule has 0 spiro atoms. The molecule has 28 heavy (non-hydrogen) atoms. The molecule has 0 saturated carbocycles. The van der Waals surface area contributed by atoms with Gasteiger partial charge in [-0.3, -0.25) is 0 Å². The normalized spacial score (nSPS) is 21.6. The molecule has 2 aromatic rings. The maximum absolute atomic E-state index is 12.9. The number of hydrogen-bond acceptors (Lipinski definition) is 4. The molecule has 0 radical (unpaired) electrons. The van der Waals surface area contributed by atoms with Gasteiger partial charge < -0.3 is 20.7 Å². The Bertz CT molecular complexity index is 710. The van der Waals surface area contributed by atoms with Crippen molar-refractivity contribution < 1.29 is 9.13 Å². The Kier molecular flexibility index (Phi) is 7.43. The molecule has 3 rings (SSSR count). The van der Waals surface area contributed by atoms with E-state index in [0.29, 0.717) is 11.8 Å². The van der Waals surface area contributed by atoms with Crippen LogP contribution >= 0.6 is 0 Å². The zero-order valence-corrected chi connectivity index (χ0v) is 16.9. The van der Waals surface area contributed by atoms with Gasteiger partial charge >= 0.3 is 0 Å². The van der Waals surface area contributed by atoms with Crippen LogP contribution in [-0.2, 0) is 11.3 Å². The number of nitrogens with two attached hydrogens (primary N) is 1. The van der Waals surface area contributed by atoms with E-state index in [9.17, 15) is 4.39 Å². The molecule has 3 N–H and O–H groups in total. The van der Waals surface area contributed by atoms with E-state index in [1.54, 1.807) is 7.11 Å². The van der Waals surface area contributed by atoms with Crippen molar-refractivity contribution in [1.82, 2.24) is 5.32 Å². The van der Waals surface area contributed by atoms with Crippen LogP contribution in [0, 0.1) is 11.8 Å². The van der Waals surface area contributed by atoms with Crippen LogP contribution in [0.1, 0.15) is 24.2 Å². The first-order valence-corrected chi connectivity index (χ1v) is 10.1.